The van der Waals surface area contributed by atoms with Crippen LogP contribution in [0.1, 0.15) is 15.9 Å². The highest BCUT2D eigenvalue weighted by Gasteiger charge is 2.12. The quantitative estimate of drug-likeness (QED) is 0.839. The fourth-order valence-corrected chi connectivity index (χ4v) is 2.48. The summed E-state index contributed by atoms with van der Waals surface area (Å²) in [5.41, 5.74) is 1.16. The Kier molecular flexibility index (Phi) is 4.80. The molecule has 2 rings (SSSR count). The third-order valence-corrected chi connectivity index (χ3v) is 3.83. The second-order valence-electron chi connectivity index (χ2n) is 3.72. The summed E-state index contributed by atoms with van der Waals surface area (Å²) in [5.74, 6) is -0.240. The average Bonchev–Trinajstić information content (AvgIpc) is 2.38. The largest absolute Gasteiger partial charge is 0.348 e. The van der Waals surface area contributed by atoms with Crippen molar-refractivity contribution in [2.75, 3.05) is 0 Å². The molecule has 0 radical (unpaired) electrons. The number of benzene rings is 1. The maximum Gasteiger partial charge on any atom is 0.254 e. The molecule has 1 aromatic carbocycles. The number of nitrogens with one attached hydrogen (secondary N) is 1. The maximum absolute atomic E-state index is 12.0. The Hall–Kier alpha value is -1.10. The molecule has 19 heavy (non-hydrogen) atoms. The molecule has 0 saturated carbocycles. The van der Waals surface area contributed by atoms with Crippen LogP contribution < -0.4 is 5.32 Å². The monoisotopic (exact) mass is 358 g/mol. The molecule has 0 spiro atoms. The van der Waals surface area contributed by atoms with E-state index in [1.165, 1.54) is 0 Å². The van der Waals surface area contributed by atoms with E-state index >= 15 is 0 Å². The van der Waals surface area contributed by atoms with Crippen LogP contribution in [-0.2, 0) is 6.54 Å². The van der Waals surface area contributed by atoms with Crippen LogP contribution in [0.15, 0.2) is 41.1 Å². The highest BCUT2D eigenvalue weighted by Crippen LogP contribution is 2.24. The van der Waals surface area contributed by atoms with E-state index in [-0.39, 0.29) is 12.5 Å². The van der Waals surface area contributed by atoms with Crippen molar-refractivity contribution in [1.82, 2.24) is 10.3 Å². The van der Waals surface area contributed by atoms with E-state index in [0.717, 1.165) is 0 Å². The Morgan fingerprint density at radius 1 is 1.21 bits per heavy atom. The number of halogens is 3. The number of nitrogens with zero attached hydrogens (tertiary/aromatic N) is 1. The first kappa shape index (κ1) is 14.3. The fourth-order valence-electron chi connectivity index (χ4n) is 1.52. The predicted octanol–water partition coefficient (Wildman–Crippen LogP) is 4.08. The number of carbonyl (C=O) groups excluding carboxylic acids is 1. The number of hydrogen-bond donors (Lipinski definition) is 1. The van der Waals surface area contributed by atoms with Crippen LogP contribution in [0.3, 0.4) is 0 Å². The van der Waals surface area contributed by atoms with E-state index in [1.807, 2.05) is 0 Å². The van der Waals surface area contributed by atoms with Gasteiger partial charge in [-0.15, -0.1) is 0 Å². The van der Waals surface area contributed by atoms with Gasteiger partial charge in [0.15, 0.2) is 0 Å². The topological polar surface area (TPSA) is 42.0 Å². The van der Waals surface area contributed by atoms with Gasteiger partial charge in [0, 0.05) is 28.4 Å². The minimum absolute atomic E-state index is 0.240. The average molecular weight is 360 g/mol. The molecule has 1 amide bonds. The number of aromatic nitrogens is 1. The van der Waals surface area contributed by atoms with Crippen molar-refractivity contribution < 1.29 is 4.79 Å². The molecule has 1 N–H and O–H groups in total. The summed E-state index contributed by atoms with van der Waals surface area (Å²) >= 11 is 15.3. The lowest BCUT2D eigenvalue weighted by Crippen LogP contribution is -2.23. The van der Waals surface area contributed by atoms with E-state index in [1.54, 1.807) is 36.5 Å². The summed E-state index contributed by atoms with van der Waals surface area (Å²) in [6, 6.07) is 8.60. The molecular formula is C13H9BrCl2N2O. The minimum atomic E-state index is -0.240. The molecule has 6 heteroatoms. The van der Waals surface area contributed by atoms with Crippen LogP contribution in [-0.4, -0.2) is 10.9 Å². The smallest absolute Gasteiger partial charge is 0.254 e. The van der Waals surface area contributed by atoms with Gasteiger partial charge in [-0.05, 0) is 40.2 Å². The van der Waals surface area contributed by atoms with E-state index in [4.69, 9.17) is 23.2 Å². The Balaban J connectivity index is 2.11. The number of pyridine rings is 1. The molecule has 1 heterocycles. The van der Waals surface area contributed by atoms with Crippen LogP contribution in [0.4, 0.5) is 0 Å². The normalized spacial score (nSPS) is 10.3. The van der Waals surface area contributed by atoms with Crippen LogP contribution in [0.5, 0.6) is 0 Å². The Morgan fingerprint density at radius 3 is 2.53 bits per heavy atom. The zero-order chi connectivity index (χ0) is 13.8. The Labute approximate surface area is 129 Å². The number of rotatable bonds is 3. The van der Waals surface area contributed by atoms with E-state index in [2.05, 4.69) is 26.2 Å². The van der Waals surface area contributed by atoms with E-state index < -0.39 is 0 Å². The summed E-state index contributed by atoms with van der Waals surface area (Å²) in [6.07, 6.45) is 1.60. The lowest BCUT2D eigenvalue weighted by molar-refractivity contribution is 0.0949. The first-order valence-electron chi connectivity index (χ1n) is 5.41. The summed E-state index contributed by atoms with van der Waals surface area (Å²) in [7, 11) is 0. The second-order valence-corrected chi connectivity index (χ2v) is 5.29. The molecular weight excluding hydrogens is 351 g/mol. The van der Waals surface area contributed by atoms with Gasteiger partial charge in [0.05, 0.1) is 5.56 Å². The van der Waals surface area contributed by atoms with Gasteiger partial charge in [-0.1, -0.05) is 29.3 Å². The lowest BCUT2D eigenvalue weighted by atomic mass is 10.2. The summed E-state index contributed by atoms with van der Waals surface area (Å²) < 4.78 is 0.498. The maximum atomic E-state index is 12.0. The molecule has 98 valence electrons. The predicted molar refractivity (Wildman–Crippen MR) is 79.6 cm³/mol. The molecule has 0 fully saturated rings. The molecule has 0 aliphatic heterocycles. The SMILES string of the molecule is O=C(NCc1c(Cl)cccc1Cl)c1cccnc1Br. The van der Waals surface area contributed by atoms with Crippen molar-refractivity contribution >= 4 is 45.0 Å². The van der Waals surface area contributed by atoms with Gasteiger partial charge in [0.2, 0.25) is 0 Å². The molecule has 2 aromatic rings. The van der Waals surface area contributed by atoms with Crippen LogP contribution in [0.25, 0.3) is 0 Å². The Bertz CT molecular complexity index is 599. The number of hydrogen-bond acceptors (Lipinski definition) is 2. The molecule has 0 aliphatic rings. The van der Waals surface area contributed by atoms with Crippen molar-refractivity contribution in [2.45, 2.75) is 6.54 Å². The zero-order valence-corrected chi connectivity index (χ0v) is 12.8. The van der Waals surface area contributed by atoms with E-state index in [9.17, 15) is 4.79 Å². The van der Waals surface area contributed by atoms with Gasteiger partial charge in [0.1, 0.15) is 4.60 Å². The van der Waals surface area contributed by atoms with Crippen LogP contribution in [0, 0.1) is 0 Å². The van der Waals surface area contributed by atoms with Gasteiger partial charge >= 0.3 is 0 Å². The first-order valence-corrected chi connectivity index (χ1v) is 6.96. The standard InChI is InChI=1S/C13H9BrCl2N2O/c14-12-8(3-2-6-17-12)13(19)18-7-9-10(15)4-1-5-11(9)16/h1-6H,7H2,(H,18,19). The zero-order valence-electron chi connectivity index (χ0n) is 9.66. The molecule has 0 atom stereocenters. The lowest BCUT2D eigenvalue weighted by Gasteiger charge is -2.09. The first-order chi connectivity index (χ1) is 9.09. The molecule has 1 aromatic heterocycles. The molecule has 0 unspecified atom stereocenters. The summed E-state index contributed by atoms with van der Waals surface area (Å²) in [6.45, 7) is 0.263. The molecule has 0 aliphatic carbocycles. The Morgan fingerprint density at radius 2 is 1.89 bits per heavy atom. The summed E-state index contributed by atoms with van der Waals surface area (Å²) in [4.78, 5) is 16.0. The minimum Gasteiger partial charge on any atom is -0.348 e. The van der Waals surface area contributed by atoms with E-state index in [0.29, 0.717) is 25.8 Å². The van der Waals surface area contributed by atoms with Crippen molar-refractivity contribution in [2.24, 2.45) is 0 Å². The fraction of sp³-hybridized carbons (Fsp3) is 0.0769. The third-order valence-electron chi connectivity index (χ3n) is 2.49. The van der Waals surface area contributed by atoms with Gasteiger partial charge in [0.25, 0.3) is 5.91 Å². The summed E-state index contributed by atoms with van der Waals surface area (Å²) in [5, 5.41) is 3.81. The highest BCUT2D eigenvalue weighted by molar-refractivity contribution is 9.10. The van der Waals surface area contributed by atoms with Crippen molar-refractivity contribution in [3.63, 3.8) is 0 Å². The molecule has 0 bridgehead atoms. The van der Waals surface area contributed by atoms with Crippen LogP contribution >= 0.6 is 39.1 Å². The number of carbonyl (C=O) groups is 1. The van der Waals surface area contributed by atoms with Crippen molar-refractivity contribution in [3.8, 4) is 0 Å². The molecule has 0 saturated heterocycles. The van der Waals surface area contributed by atoms with Gasteiger partial charge < -0.3 is 5.32 Å². The molecule has 3 nitrogen and oxygen atoms in total. The van der Waals surface area contributed by atoms with Crippen molar-refractivity contribution in [1.29, 1.82) is 0 Å². The second kappa shape index (κ2) is 6.37. The third kappa shape index (κ3) is 3.47. The van der Waals surface area contributed by atoms with Gasteiger partial charge in [-0.3, -0.25) is 4.79 Å². The highest BCUT2D eigenvalue weighted by atomic mass is 79.9. The number of amides is 1. The van der Waals surface area contributed by atoms with Crippen LogP contribution in [0.2, 0.25) is 10.0 Å². The van der Waals surface area contributed by atoms with Gasteiger partial charge in [-0.25, -0.2) is 4.98 Å². The van der Waals surface area contributed by atoms with Gasteiger partial charge in [-0.2, -0.15) is 0 Å². The van der Waals surface area contributed by atoms with Crippen molar-refractivity contribution in [3.05, 3.63) is 62.3 Å².